The topological polar surface area (TPSA) is 69.4 Å². The van der Waals surface area contributed by atoms with E-state index in [1.807, 2.05) is 17.0 Å². The lowest BCUT2D eigenvalue weighted by atomic mass is 9.76. The molecule has 0 amide bonds. The zero-order chi connectivity index (χ0) is 17.6. The summed E-state index contributed by atoms with van der Waals surface area (Å²) in [7, 11) is 0. The fraction of sp³-hybridized carbons (Fsp3) is 0.625. The Hall–Kier alpha value is -1.69. The van der Waals surface area contributed by atoms with Gasteiger partial charge in [-0.3, -0.25) is 4.98 Å². The highest BCUT2D eigenvalue weighted by atomic mass is 19.4. The Balaban J connectivity index is 1.81. The van der Waals surface area contributed by atoms with Crippen molar-refractivity contribution in [3.8, 4) is 6.07 Å². The summed E-state index contributed by atoms with van der Waals surface area (Å²) in [6.07, 6.45) is -2.59. The predicted molar refractivity (Wildman–Crippen MR) is 80.1 cm³/mol. The van der Waals surface area contributed by atoms with Crippen LogP contribution in [0.25, 0.3) is 0 Å². The van der Waals surface area contributed by atoms with Gasteiger partial charge < -0.3 is 14.7 Å². The number of halogens is 3. The van der Waals surface area contributed by atoms with E-state index in [1.165, 1.54) is 0 Å². The first-order chi connectivity index (χ1) is 11.3. The molecule has 1 unspecified atom stereocenters. The quantitative estimate of drug-likeness (QED) is 0.854. The highest BCUT2D eigenvalue weighted by molar-refractivity contribution is 5.27. The number of nitriles is 1. The molecule has 1 aromatic rings. The molecule has 1 fully saturated rings. The molecule has 2 rings (SSSR count). The van der Waals surface area contributed by atoms with Crippen LogP contribution in [0.5, 0.6) is 0 Å². The molecule has 1 aliphatic rings. The third kappa shape index (κ3) is 5.16. The maximum absolute atomic E-state index is 12.0. The van der Waals surface area contributed by atoms with Crippen LogP contribution < -0.4 is 0 Å². The molecule has 1 aromatic heterocycles. The van der Waals surface area contributed by atoms with Crippen molar-refractivity contribution in [2.24, 2.45) is 0 Å². The molecule has 132 valence electrons. The summed E-state index contributed by atoms with van der Waals surface area (Å²) >= 11 is 0. The lowest BCUT2D eigenvalue weighted by molar-refractivity contribution is -0.179. The van der Waals surface area contributed by atoms with E-state index >= 15 is 0 Å². The van der Waals surface area contributed by atoms with E-state index < -0.39 is 24.3 Å². The molecule has 0 aliphatic carbocycles. The third-order valence-electron chi connectivity index (χ3n) is 4.12. The molecule has 8 heteroatoms. The van der Waals surface area contributed by atoms with Crippen LogP contribution in [0.4, 0.5) is 13.2 Å². The summed E-state index contributed by atoms with van der Waals surface area (Å²) in [4.78, 5) is 6.21. The van der Waals surface area contributed by atoms with Crippen LogP contribution in [0.2, 0.25) is 0 Å². The number of aliphatic hydroxyl groups is 1. The first-order valence-corrected chi connectivity index (χ1v) is 7.72. The van der Waals surface area contributed by atoms with Gasteiger partial charge in [-0.15, -0.1) is 0 Å². The number of aromatic nitrogens is 1. The van der Waals surface area contributed by atoms with Crippen molar-refractivity contribution in [2.75, 3.05) is 32.8 Å². The Morgan fingerprint density at radius 3 is 2.62 bits per heavy atom. The molecule has 5 nitrogen and oxygen atoms in total. The van der Waals surface area contributed by atoms with E-state index in [0.29, 0.717) is 25.9 Å². The minimum absolute atomic E-state index is 0.224. The number of hydrogen-bond acceptors (Lipinski definition) is 5. The van der Waals surface area contributed by atoms with Crippen molar-refractivity contribution < 1.29 is 23.0 Å². The average molecular weight is 343 g/mol. The van der Waals surface area contributed by atoms with Gasteiger partial charge in [0.05, 0.1) is 24.5 Å². The van der Waals surface area contributed by atoms with Crippen LogP contribution >= 0.6 is 0 Å². The van der Waals surface area contributed by atoms with E-state index in [0.717, 1.165) is 5.69 Å². The summed E-state index contributed by atoms with van der Waals surface area (Å²) in [5.74, 6) is 0. The smallest absolute Gasteiger partial charge is 0.389 e. The van der Waals surface area contributed by atoms with Gasteiger partial charge in [0.1, 0.15) is 12.0 Å². The van der Waals surface area contributed by atoms with Gasteiger partial charge >= 0.3 is 6.18 Å². The monoisotopic (exact) mass is 343 g/mol. The minimum Gasteiger partial charge on any atom is -0.389 e. The molecule has 0 saturated carbocycles. The Labute approximate surface area is 138 Å². The van der Waals surface area contributed by atoms with E-state index in [1.54, 1.807) is 12.3 Å². The Morgan fingerprint density at radius 2 is 2.08 bits per heavy atom. The first kappa shape index (κ1) is 18.6. The van der Waals surface area contributed by atoms with Gasteiger partial charge in [-0.2, -0.15) is 18.4 Å². The number of ether oxygens (including phenoxy) is 1. The van der Waals surface area contributed by atoms with Crippen molar-refractivity contribution in [3.63, 3.8) is 0 Å². The summed E-state index contributed by atoms with van der Waals surface area (Å²) < 4.78 is 40.5. The molecule has 0 bridgehead atoms. The second kappa shape index (κ2) is 7.92. The Kier molecular flexibility index (Phi) is 6.15. The largest absolute Gasteiger partial charge is 0.411 e. The van der Waals surface area contributed by atoms with Gasteiger partial charge in [-0.05, 0) is 25.0 Å². The second-order valence-corrected chi connectivity index (χ2v) is 5.99. The SMILES string of the molecule is N#CC1(c2ccccn2)CCN(CC(O)COCC(F)(F)F)CC1. The number of rotatable bonds is 6. The molecule has 1 aliphatic heterocycles. The number of piperidine rings is 1. The predicted octanol–water partition coefficient (Wildman–Crippen LogP) is 1.88. The van der Waals surface area contributed by atoms with Gasteiger partial charge in [0, 0.05) is 25.8 Å². The second-order valence-electron chi connectivity index (χ2n) is 5.99. The molecule has 2 heterocycles. The number of aliphatic hydroxyl groups excluding tert-OH is 1. The Bertz CT molecular complexity index is 552. The van der Waals surface area contributed by atoms with E-state index in [2.05, 4.69) is 15.8 Å². The molecule has 0 aromatic carbocycles. The van der Waals surface area contributed by atoms with Crippen LogP contribution in [0.1, 0.15) is 18.5 Å². The van der Waals surface area contributed by atoms with Crippen LogP contribution in [0.3, 0.4) is 0 Å². The molecule has 24 heavy (non-hydrogen) atoms. The van der Waals surface area contributed by atoms with Crippen LogP contribution in [0.15, 0.2) is 24.4 Å². The maximum atomic E-state index is 12.0. The fourth-order valence-corrected chi connectivity index (χ4v) is 2.85. The lowest BCUT2D eigenvalue weighted by Crippen LogP contribution is -2.45. The highest BCUT2D eigenvalue weighted by Crippen LogP contribution is 2.33. The van der Waals surface area contributed by atoms with Crippen molar-refractivity contribution in [3.05, 3.63) is 30.1 Å². The molecule has 1 atom stereocenters. The molecule has 0 radical (unpaired) electrons. The van der Waals surface area contributed by atoms with Gasteiger partial charge in [0.15, 0.2) is 0 Å². The number of β-amino-alcohol motifs (C(OH)–C–C–N with tert-alkyl or cyclic N) is 1. The zero-order valence-electron chi connectivity index (χ0n) is 13.2. The number of pyridine rings is 1. The van der Waals surface area contributed by atoms with E-state index in [9.17, 15) is 23.5 Å². The normalized spacial score (nSPS) is 19.6. The van der Waals surface area contributed by atoms with E-state index in [-0.39, 0.29) is 13.2 Å². The number of nitrogens with zero attached hydrogens (tertiary/aromatic N) is 3. The van der Waals surface area contributed by atoms with E-state index in [4.69, 9.17) is 0 Å². The summed E-state index contributed by atoms with van der Waals surface area (Å²) in [5.41, 5.74) is 0.0939. The molecule has 1 N–H and O–H groups in total. The fourth-order valence-electron chi connectivity index (χ4n) is 2.85. The molecule has 1 saturated heterocycles. The van der Waals surface area contributed by atoms with Crippen LogP contribution in [-0.2, 0) is 10.2 Å². The van der Waals surface area contributed by atoms with Gasteiger partial charge in [0.25, 0.3) is 0 Å². The average Bonchev–Trinajstić information content (AvgIpc) is 2.55. The van der Waals surface area contributed by atoms with Crippen molar-refractivity contribution in [1.29, 1.82) is 5.26 Å². The number of likely N-dealkylation sites (tertiary alicyclic amines) is 1. The number of alkyl halides is 3. The summed E-state index contributed by atoms with van der Waals surface area (Å²) in [5, 5.41) is 19.4. The maximum Gasteiger partial charge on any atom is 0.411 e. The third-order valence-corrected chi connectivity index (χ3v) is 4.12. The lowest BCUT2D eigenvalue weighted by Gasteiger charge is -2.37. The van der Waals surface area contributed by atoms with Crippen LogP contribution in [0, 0.1) is 11.3 Å². The number of hydrogen-bond donors (Lipinski definition) is 1. The van der Waals surface area contributed by atoms with Gasteiger partial charge in [-0.25, -0.2) is 0 Å². The van der Waals surface area contributed by atoms with Crippen molar-refractivity contribution >= 4 is 0 Å². The standard InChI is InChI=1S/C16H20F3N3O2/c17-16(18,19)12-24-10-13(23)9-22-7-4-15(11-20,5-8-22)14-3-1-2-6-21-14/h1-3,6,13,23H,4-5,7-10,12H2. The van der Waals surface area contributed by atoms with Crippen LogP contribution in [-0.4, -0.2) is 60.1 Å². The minimum atomic E-state index is -4.39. The van der Waals surface area contributed by atoms with Crippen molar-refractivity contribution in [1.82, 2.24) is 9.88 Å². The summed E-state index contributed by atoms with van der Waals surface area (Å²) in [6.45, 7) is -0.358. The van der Waals surface area contributed by atoms with Gasteiger partial charge in [-0.1, -0.05) is 6.07 Å². The van der Waals surface area contributed by atoms with Gasteiger partial charge in [0.2, 0.25) is 0 Å². The molecular weight excluding hydrogens is 323 g/mol. The Morgan fingerprint density at radius 1 is 1.38 bits per heavy atom. The zero-order valence-corrected chi connectivity index (χ0v) is 13.2. The van der Waals surface area contributed by atoms with Crippen molar-refractivity contribution in [2.45, 2.75) is 30.5 Å². The summed E-state index contributed by atoms with van der Waals surface area (Å²) in [6, 6.07) is 7.82. The molecular formula is C16H20F3N3O2. The highest BCUT2D eigenvalue weighted by Gasteiger charge is 2.38. The molecule has 0 spiro atoms. The first-order valence-electron chi connectivity index (χ1n) is 7.72.